The molecule has 3 heteroatoms. The van der Waals surface area contributed by atoms with E-state index in [1.807, 2.05) is 13.8 Å². The van der Waals surface area contributed by atoms with Gasteiger partial charge >= 0.3 is 0 Å². The quantitative estimate of drug-likeness (QED) is 0.820. The molecule has 2 N–H and O–H groups in total. The number of aliphatic hydroxyl groups excluding tert-OH is 1. The van der Waals surface area contributed by atoms with Gasteiger partial charge in [0, 0.05) is 6.42 Å². The van der Waals surface area contributed by atoms with Crippen LogP contribution in [0, 0.1) is 23.2 Å². The highest BCUT2D eigenvalue weighted by atomic mass is 16.3. The minimum Gasteiger partial charge on any atom is -0.394 e. The van der Waals surface area contributed by atoms with Crippen molar-refractivity contribution in [3.8, 4) is 0 Å². The van der Waals surface area contributed by atoms with Gasteiger partial charge in [-0.1, -0.05) is 0 Å². The lowest BCUT2D eigenvalue weighted by molar-refractivity contribution is -0.131. The molecule has 108 valence electrons. The smallest absolute Gasteiger partial charge is 0.221 e. The number of rotatable bonds is 4. The Bertz CT molecular complexity index is 340. The summed E-state index contributed by atoms with van der Waals surface area (Å²) in [6, 6.07) is 0. The van der Waals surface area contributed by atoms with Crippen LogP contribution in [0.1, 0.15) is 58.8 Å². The van der Waals surface area contributed by atoms with Crippen LogP contribution in [0.2, 0.25) is 0 Å². The van der Waals surface area contributed by atoms with Crippen molar-refractivity contribution in [2.24, 2.45) is 23.2 Å². The van der Waals surface area contributed by atoms with Crippen LogP contribution in [0.15, 0.2) is 0 Å². The second-order valence-electron chi connectivity index (χ2n) is 8.18. The standard InChI is InChI=1S/C16H27NO2/c1-15(2,10-18)17-14(19)9-16-6-11-3-12(7-16)5-13(4-11)8-16/h11-13,18H,3-10H2,1-2H3,(H,17,19). The minimum atomic E-state index is -0.487. The predicted octanol–water partition coefficient (Wildman–Crippen LogP) is 2.48. The lowest BCUT2D eigenvalue weighted by Crippen LogP contribution is -2.51. The van der Waals surface area contributed by atoms with Gasteiger partial charge in [0.15, 0.2) is 0 Å². The molecule has 0 saturated heterocycles. The SMILES string of the molecule is CC(C)(CO)NC(=O)CC12CC3CC(CC(C3)C1)C2. The highest BCUT2D eigenvalue weighted by molar-refractivity contribution is 5.77. The van der Waals surface area contributed by atoms with Gasteiger partial charge in [-0.2, -0.15) is 0 Å². The number of amides is 1. The Hall–Kier alpha value is -0.570. The third-order valence-electron chi connectivity index (χ3n) is 5.57. The summed E-state index contributed by atoms with van der Waals surface area (Å²) in [5.41, 5.74) is -0.191. The van der Waals surface area contributed by atoms with Crippen LogP contribution in [-0.2, 0) is 4.79 Å². The fourth-order valence-corrected chi connectivity index (χ4v) is 5.31. The molecule has 0 aromatic rings. The summed E-state index contributed by atoms with van der Waals surface area (Å²) in [7, 11) is 0. The lowest BCUT2D eigenvalue weighted by atomic mass is 9.49. The second kappa shape index (κ2) is 4.47. The molecule has 4 fully saturated rings. The number of carbonyl (C=O) groups excluding carboxylic acids is 1. The number of nitrogens with one attached hydrogen (secondary N) is 1. The normalized spacial score (nSPS) is 40.5. The van der Waals surface area contributed by atoms with E-state index >= 15 is 0 Å². The molecular formula is C16H27NO2. The zero-order valence-electron chi connectivity index (χ0n) is 12.2. The molecule has 0 heterocycles. The van der Waals surface area contributed by atoms with Crippen LogP contribution in [0.25, 0.3) is 0 Å². The number of aliphatic hydroxyl groups is 1. The van der Waals surface area contributed by atoms with E-state index < -0.39 is 5.54 Å². The summed E-state index contributed by atoms with van der Waals surface area (Å²) in [5.74, 6) is 2.82. The molecular weight excluding hydrogens is 238 g/mol. The Morgan fingerprint density at radius 1 is 1.16 bits per heavy atom. The monoisotopic (exact) mass is 265 g/mol. The lowest BCUT2D eigenvalue weighted by Gasteiger charge is -2.56. The maximum absolute atomic E-state index is 12.3. The number of carbonyl (C=O) groups is 1. The molecule has 19 heavy (non-hydrogen) atoms. The molecule has 0 aromatic heterocycles. The van der Waals surface area contributed by atoms with E-state index in [9.17, 15) is 9.90 Å². The highest BCUT2D eigenvalue weighted by Crippen LogP contribution is 2.61. The third-order valence-corrected chi connectivity index (χ3v) is 5.57. The van der Waals surface area contributed by atoms with Crippen LogP contribution in [0.4, 0.5) is 0 Å². The van der Waals surface area contributed by atoms with Crippen molar-refractivity contribution in [2.75, 3.05) is 6.61 Å². The first-order chi connectivity index (χ1) is 8.90. The van der Waals surface area contributed by atoms with Crippen molar-refractivity contribution < 1.29 is 9.90 Å². The third kappa shape index (κ3) is 2.67. The Morgan fingerprint density at radius 3 is 2.05 bits per heavy atom. The first kappa shape index (κ1) is 13.4. The van der Waals surface area contributed by atoms with Gasteiger partial charge < -0.3 is 10.4 Å². The fraction of sp³-hybridized carbons (Fsp3) is 0.938. The van der Waals surface area contributed by atoms with Crippen LogP contribution < -0.4 is 5.32 Å². The zero-order valence-corrected chi connectivity index (χ0v) is 12.2. The summed E-state index contributed by atoms with van der Waals surface area (Å²) >= 11 is 0. The van der Waals surface area contributed by atoms with Crippen LogP contribution in [0.3, 0.4) is 0 Å². The van der Waals surface area contributed by atoms with Crippen molar-refractivity contribution in [1.29, 1.82) is 0 Å². The summed E-state index contributed by atoms with van der Waals surface area (Å²) in [4.78, 5) is 12.3. The molecule has 0 aromatic carbocycles. The van der Waals surface area contributed by atoms with Gasteiger partial charge in [-0.15, -0.1) is 0 Å². The molecule has 0 radical (unpaired) electrons. The van der Waals surface area contributed by atoms with E-state index in [1.165, 1.54) is 38.5 Å². The van der Waals surface area contributed by atoms with Crippen molar-refractivity contribution in [2.45, 2.75) is 64.3 Å². The average molecular weight is 265 g/mol. The Labute approximate surface area is 116 Å². The molecule has 4 aliphatic carbocycles. The topological polar surface area (TPSA) is 49.3 Å². The van der Waals surface area contributed by atoms with Gasteiger partial charge in [0.2, 0.25) is 5.91 Å². The maximum Gasteiger partial charge on any atom is 0.221 e. The molecule has 0 spiro atoms. The molecule has 3 nitrogen and oxygen atoms in total. The number of hydrogen-bond acceptors (Lipinski definition) is 2. The van der Waals surface area contributed by atoms with Gasteiger partial charge in [-0.25, -0.2) is 0 Å². The molecule has 4 bridgehead atoms. The average Bonchev–Trinajstić information content (AvgIpc) is 2.25. The highest BCUT2D eigenvalue weighted by Gasteiger charge is 2.51. The summed E-state index contributed by atoms with van der Waals surface area (Å²) in [5, 5.41) is 12.2. The van der Waals surface area contributed by atoms with Gasteiger partial charge in [0.05, 0.1) is 12.1 Å². The van der Waals surface area contributed by atoms with E-state index in [4.69, 9.17) is 0 Å². The summed E-state index contributed by atoms with van der Waals surface area (Å²) < 4.78 is 0. The van der Waals surface area contributed by atoms with Crippen molar-refractivity contribution in [3.63, 3.8) is 0 Å². The number of hydrogen-bond donors (Lipinski definition) is 2. The van der Waals surface area contributed by atoms with Crippen molar-refractivity contribution in [3.05, 3.63) is 0 Å². The van der Waals surface area contributed by atoms with Gasteiger partial charge in [-0.3, -0.25) is 4.79 Å². The minimum absolute atomic E-state index is 0.000382. The van der Waals surface area contributed by atoms with Gasteiger partial charge in [0.25, 0.3) is 0 Å². The Balaban J connectivity index is 1.65. The van der Waals surface area contributed by atoms with E-state index in [-0.39, 0.29) is 12.5 Å². The van der Waals surface area contributed by atoms with E-state index in [0.29, 0.717) is 11.8 Å². The van der Waals surface area contributed by atoms with Crippen LogP contribution in [0.5, 0.6) is 0 Å². The summed E-state index contributed by atoms with van der Waals surface area (Å²) in [6.07, 6.45) is 8.75. The Kier molecular flexibility index (Phi) is 3.16. The first-order valence-corrected chi connectivity index (χ1v) is 7.82. The maximum atomic E-state index is 12.3. The van der Waals surface area contributed by atoms with Gasteiger partial charge in [-0.05, 0) is 75.5 Å². The van der Waals surface area contributed by atoms with E-state index in [0.717, 1.165) is 17.8 Å². The van der Waals surface area contributed by atoms with Crippen molar-refractivity contribution in [1.82, 2.24) is 5.32 Å². The molecule has 0 atom stereocenters. The molecule has 0 aliphatic heterocycles. The molecule has 0 unspecified atom stereocenters. The van der Waals surface area contributed by atoms with Crippen molar-refractivity contribution >= 4 is 5.91 Å². The van der Waals surface area contributed by atoms with E-state index in [1.54, 1.807) is 0 Å². The molecule has 4 aliphatic rings. The molecule has 4 saturated carbocycles. The second-order valence-corrected chi connectivity index (χ2v) is 8.18. The first-order valence-electron chi connectivity index (χ1n) is 7.82. The Morgan fingerprint density at radius 2 is 1.63 bits per heavy atom. The fourth-order valence-electron chi connectivity index (χ4n) is 5.31. The molecule has 1 amide bonds. The predicted molar refractivity (Wildman–Crippen MR) is 74.5 cm³/mol. The molecule has 4 rings (SSSR count). The van der Waals surface area contributed by atoms with Gasteiger partial charge in [0.1, 0.15) is 0 Å². The largest absolute Gasteiger partial charge is 0.394 e. The van der Waals surface area contributed by atoms with Crippen LogP contribution in [-0.4, -0.2) is 23.2 Å². The zero-order chi connectivity index (χ0) is 13.7. The van der Waals surface area contributed by atoms with E-state index in [2.05, 4.69) is 5.32 Å². The summed E-state index contributed by atoms with van der Waals surface area (Å²) in [6.45, 7) is 3.76. The van der Waals surface area contributed by atoms with Crippen LogP contribution >= 0.6 is 0 Å².